The minimum absolute atomic E-state index is 0.0479. The summed E-state index contributed by atoms with van der Waals surface area (Å²) in [7, 11) is -0.655. The summed E-state index contributed by atoms with van der Waals surface area (Å²) in [4.78, 5) is 63.4. The van der Waals surface area contributed by atoms with E-state index in [1.54, 1.807) is 33.2 Å². The smallest absolute Gasteiger partial charge is 0.355 e. The molecule has 8 rings (SSSR count). The molecule has 378 valence electrons. The fourth-order valence-corrected chi connectivity index (χ4v) is 12.3. The molecule has 4 atom stereocenters. The van der Waals surface area contributed by atoms with Gasteiger partial charge in [-0.3, -0.25) is 24.4 Å². The molecule has 0 saturated carbocycles. The number of cyclic esters (lactones) is 1. The number of amides is 3. The average Bonchev–Trinajstić information content (AvgIpc) is 3.92. The Hall–Kier alpha value is -5.48. The summed E-state index contributed by atoms with van der Waals surface area (Å²) in [6.45, 7) is 11.1. The number of likely N-dealkylation sites (N-methyl/N-ethyl adjacent to an activating group) is 1. The predicted molar refractivity (Wildman–Crippen MR) is 261 cm³/mol. The van der Waals surface area contributed by atoms with Crippen LogP contribution in [-0.2, 0) is 64.9 Å². The van der Waals surface area contributed by atoms with Gasteiger partial charge >= 0.3 is 5.97 Å². The highest BCUT2D eigenvalue weighted by Crippen LogP contribution is 2.42. The highest BCUT2D eigenvalue weighted by atomic mass is 32.2. The summed E-state index contributed by atoms with van der Waals surface area (Å²) in [5.41, 5.74) is 12.3. The number of methoxy groups -OCH3 is 1. The van der Waals surface area contributed by atoms with Crippen LogP contribution in [-0.4, -0.2) is 148 Å². The predicted octanol–water partition coefficient (Wildman–Crippen LogP) is 2.90. The monoisotopic (exact) mass is 985 g/mol. The first-order valence-corrected chi connectivity index (χ1v) is 25.5. The molecule has 4 aliphatic heterocycles. The zero-order valence-electron chi connectivity index (χ0n) is 41.1. The van der Waals surface area contributed by atoms with E-state index < -0.39 is 69.0 Å². The Morgan fingerprint density at radius 2 is 1.83 bits per heavy atom. The van der Waals surface area contributed by atoms with Gasteiger partial charge in [-0.2, -0.15) is 22.5 Å². The standard InChI is InChI=1S/C50H67N9O10S/c1-8-58-42-11-10-32-22-38(42)39(44(58)40-24-52-15-12-34(40)28-68-7)23-49(4,5)29-69-48(64)50(65)14-9-16-59(54-50)47(63)41(20-31-18-35(32)21-37(60)19-31)53-45(61)43(30(2)3)55(6)46(62)33-13-17-56(25-33)70(66,67)57-26-36(51)27-57/h10-12,15,18-19,21-22,24,30,33,36,41,43,54,60,65H,8-9,13-14,16-17,20,23,25-29,51H2,1-7H3,(H,53,61)/t33-,41-,43-,50-/m0/s1. The van der Waals surface area contributed by atoms with Crippen molar-refractivity contribution < 1.29 is 47.3 Å². The summed E-state index contributed by atoms with van der Waals surface area (Å²) < 4.78 is 42.9. The lowest BCUT2D eigenvalue weighted by Gasteiger charge is -2.40. The summed E-state index contributed by atoms with van der Waals surface area (Å²) in [5, 5.41) is 28.2. The fraction of sp³-hybridized carbons (Fsp3) is 0.540. The Morgan fingerprint density at radius 3 is 2.53 bits per heavy atom. The van der Waals surface area contributed by atoms with Gasteiger partial charge in [0.2, 0.25) is 17.5 Å². The van der Waals surface area contributed by atoms with E-state index >= 15 is 0 Å². The number of aryl methyl sites for hydroxylation is 1. The number of nitrogens with one attached hydrogen (secondary N) is 2. The van der Waals surface area contributed by atoms with Crippen LogP contribution in [0.3, 0.4) is 0 Å². The van der Waals surface area contributed by atoms with Crippen LogP contribution in [0.1, 0.15) is 70.6 Å². The largest absolute Gasteiger partial charge is 0.508 e. The van der Waals surface area contributed by atoms with Crippen molar-refractivity contribution >= 4 is 44.8 Å². The molecule has 0 spiro atoms. The zero-order valence-corrected chi connectivity index (χ0v) is 41.9. The molecule has 19 nitrogen and oxygen atoms in total. The molecule has 4 aromatic rings. The van der Waals surface area contributed by atoms with Crippen LogP contribution in [0, 0.1) is 17.3 Å². The number of benzene rings is 2. The van der Waals surface area contributed by atoms with Gasteiger partial charge in [-0.15, -0.1) is 0 Å². The van der Waals surface area contributed by atoms with Gasteiger partial charge in [0, 0.05) is 107 Å². The average molecular weight is 986 g/mol. The van der Waals surface area contributed by atoms with Crippen LogP contribution in [0.15, 0.2) is 54.9 Å². The lowest BCUT2D eigenvalue weighted by Crippen LogP contribution is -2.67. The SMILES string of the molecule is CCn1c(-c2cnccc2COC)c2c3cc(ccc31)-c1cc(O)cc(c1)C[C@H](NC(=O)[C@H](C(C)C)N(C)C(=O)[C@H]1CCN(S(=O)(=O)N3CC(N)C3)C1)C(=O)N1CCC[C@@](O)(N1)C(=O)OCC(C)(C)C2. The van der Waals surface area contributed by atoms with Crippen molar-refractivity contribution in [1.29, 1.82) is 0 Å². The molecular formula is C50H67N9O10S. The first kappa shape index (κ1) is 50.9. The molecule has 4 aliphatic rings. The Kier molecular flexibility index (Phi) is 14.5. The summed E-state index contributed by atoms with van der Waals surface area (Å²) in [5.74, 6) is -3.93. The second-order valence-electron chi connectivity index (χ2n) is 20.5. The second-order valence-corrected chi connectivity index (χ2v) is 22.4. The number of esters is 1. The van der Waals surface area contributed by atoms with Crippen molar-refractivity contribution in [2.24, 2.45) is 23.0 Å². The number of aromatic nitrogens is 2. The van der Waals surface area contributed by atoms with Gasteiger partial charge < -0.3 is 40.2 Å². The number of phenolic OH excluding ortho intramolecular Hbond substituents is 1. The van der Waals surface area contributed by atoms with Gasteiger partial charge in [-0.1, -0.05) is 39.8 Å². The molecule has 70 heavy (non-hydrogen) atoms. The van der Waals surface area contributed by atoms with Gasteiger partial charge in [0.05, 0.1) is 24.8 Å². The molecular weight excluding hydrogens is 919 g/mol. The molecule has 3 amide bonds. The van der Waals surface area contributed by atoms with Crippen LogP contribution in [0.25, 0.3) is 33.3 Å². The number of fused-ring (bicyclic) bond motifs is 6. The van der Waals surface area contributed by atoms with Crippen molar-refractivity contribution in [3.05, 3.63) is 71.5 Å². The van der Waals surface area contributed by atoms with Crippen LogP contribution >= 0.6 is 0 Å². The Labute approximate surface area is 409 Å². The van der Waals surface area contributed by atoms with E-state index in [-0.39, 0.29) is 76.8 Å². The van der Waals surface area contributed by atoms with Crippen LogP contribution < -0.4 is 16.5 Å². The summed E-state index contributed by atoms with van der Waals surface area (Å²) in [6, 6.07) is 10.4. The number of hydrogen-bond acceptors (Lipinski definition) is 13. The quantitative estimate of drug-likeness (QED) is 0.136. The fourth-order valence-electron chi connectivity index (χ4n) is 10.5. The van der Waals surface area contributed by atoms with Gasteiger partial charge in [0.1, 0.15) is 17.8 Å². The van der Waals surface area contributed by atoms with Crippen LogP contribution in [0.5, 0.6) is 5.75 Å². The number of ether oxygens (including phenoxy) is 2. The van der Waals surface area contributed by atoms with E-state index in [1.807, 2.05) is 44.3 Å². The maximum atomic E-state index is 14.8. The first-order chi connectivity index (χ1) is 33.1. The summed E-state index contributed by atoms with van der Waals surface area (Å²) in [6.07, 6.45) is 4.30. The molecule has 6 bridgehead atoms. The first-order valence-electron chi connectivity index (χ1n) is 24.1. The van der Waals surface area contributed by atoms with E-state index in [4.69, 9.17) is 15.2 Å². The number of rotatable bonds is 11. The number of hydrogen-bond donors (Lipinski definition) is 5. The third-order valence-corrected chi connectivity index (χ3v) is 16.0. The highest BCUT2D eigenvalue weighted by molar-refractivity contribution is 7.86. The number of pyridine rings is 1. The van der Waals surface area contributed by atoms with Crippen molar-refractivity contribution in [2.45, 2.75) is 104 Å². The van der Waals surface area contributed by atoms with E-state index in [1.165, 1.54) is 26.6 Å². The molecule has 0 radical (unpaired) electrons. The summed E-state index contributed by atoms with van der Waals surface area (Å²) >= 11 is 0. The Balaban J connectivity index is 1.17. The molecule has 2 aromatic carbocycles. The van der Waals surface area contributed by atoms with Gasteiger partial charge in [0.25, 0.3) is 16.1 Å². The minimum Gasteiger partial charge on any atom is -0.508 e. The van der Waals surface area contributed by atoms with Gasteiger partial charge in [0.15, 0.2) is 0 Å². The molecule has 0 aliphatic carbocycles. The van der Waals surface area contributed by atoms with Crippen molar-refractivity contribution in [2.75, 3.05) is 53.5 Å². The van der Waals surface area contributed by atoms with Crippen molar-refractivity contribution in [1.82, 2.24) is 38.8 Å². The molecule has 3 fully saturated rings. The van der Waals surface area contributed by atoms with E-state index in [0.717, 1.165) is 43.9 Å². The van der Waals surface area contributed by atoms with Crippen LogP contribution in [0.2, 0.25) is 0 Å². The van der Waals surface area contributed by atoms with Gasteiger partial charge in [-0.25, -0.2) is 4.79 Å². The lowest BCUT2D eigenvalue weighted by molar-refractivity contribution is -0.189. The lowest BCUT2D eigenvalue weighted by atomic mass is 9.84. The van der Waals surface area contributed by atoms with Crippen molar-refractivity contribution in [3.63, 3.8) is 0 Å². The molecule has 3 saturated heterocycles. The number of aliphatic hydroxyl groups is 1. The molecule has 6 heterocycles. The third-order valence-electron chi connectivity index (χ3n) is 14.1. The number of phenols is 1. The molecule has 2 aromatic heterocycles. The van der Waals surface area contributed by atoms with Crippen molar-refractivity contribution in [3.8, 4) is 28.1 Å². The maximum absolute atomic E-state index is 14.8. The molecule has 0 unspecified atom stereocenters. The van der Waals surface area contributed by atoms with Gasteiger partial charge in [-0.05, 0) is 90.3 Å². The number of hydrazine groups is 1. The zero-order chi connectivity index (χ0) is 50.4. The molecule has 6 N–H and O–H groups in total. The van der Waals surface area contributed by atoms with Crippen LogP contribution in [0.4, 0.5) is 0 Å². The van der Waals surface area contributed by atoms with E-state index in [0.29, 0.717) is 30.7 Å². The number of carbonyl (C=O) groups excluding carboxylic acids is 4. The third kappa shape index (κ3) is 10.0. The second kappa shape index (κ2) is 20.0. The maximum Gasteiger partial charge on any atom is 0.355 e. The van der Waals surface area contributed by atoms with E-state index in [2.05, 4.69) is 33.3 Å². The number of carbonyl (C=O) groups is 4. The highest BCUT2D eigenvalue weighted by Gasteiger charge is 2.47. The number of aromatic hydroxyl groups is 1. The minimum atomic E-state index is -3.80. The number of nitrogens with zero attached hydrogens (tertiary/aromatic N) is 6. The molecule has 20 heteroatoms. The Morgan fingerprint density at radius 1 is 1.07 bits per heavy atom. The normalized spacial score (nSPS) is 23.2. The van der Waals surface area contributed by atoms with E-state index in [9.17, 15) is 37.8 Å². The topological polar surface area (TPSA) is 242 Å². The number of nitrogens with two attached hydrogens (primary N) is 1. The Bertz CT molecular complexity index is 2770.